The van der Waals surface area contributed by atoms with Crippen molar-refractivity contribution in [3.8, 4) is 11.5 Å². The van der Waals surface area contributed by atoms with Crippen molar-refractivity contribution < 1.29 is 23.8 Å². The second kappa shape index (κ2) is 8.58. The molecule has 0 aromatic heterocycles. The largest absolute Gasteiger partial charge is 0.469 e. The lowest BCUT2D eigenvalue weighted by atomic mass is 10.1. The second-order valence-corrected chi connectivity index (χ2v) is 6.55. The van der Waals surface area contributed by atoms with E-state index in [2.05, 4.69) is 0 Å². The lowest BCUT2D eigenvalue weighted by molar-refractivity contribution is -0.146. The zero-order chi connectivity index (χ0) is 19.2. The molecule has 0 radical (unpaired) electrons. The first kappa shape index (κ1) is 18.8. The summed E-state index contributed by atoms with van der Waals surface area (Å²) in [4.78, 5) is 26.4. The summed E-state index contributed by atoms with van der Waals surface area (Å²) in [7, 11) is 1.35. The van der Waals surface area contributed by atoms with Crippen molar-refractivity contribution in [1.82, 2.24) is 4.90 Å². The van der Waals surface area contributed by atoms with Crippen LogP contribution in [0.25, 0.3) is 0 Å². The first-order valence-corrected chi connectivity index (χ1v) is 8.85. The van der Waals surface area contributed by atoms with E-state index in [-0.39, 0.29) is 31.6 Å². The average Bonchev–Trinajstić information content (AvgIpc) is 3.15. The highest BCUT2D eigenvalue weighted by molar-refractivity contribution is 5.80. The molecular formula is C21H23NO5. The van der Waals surface area contributed by atoms with Crippen molar-refractivity contribution in [2.75, 3.05) is 20.4 Å². The molecule has 27 heavy (non-hydrogen) atoms. The summed E-state index contributed by atoms with van der Waals surface area (Å²) in [5, 5.41) is 0. The molecule has 2 aromatic rings. The number of carbonyl (C=O) groups is 2. The number of hydrogen-bond donors (Lipinski definition) is 0. The fourth-order valence-electron chi connectivity index (χ4n) is 3.00. The maximum atomic E-state index is 12.9. The smallest absolute Gasteiger partial charge is 0.310 e. The van der Waals surface area contributed by atoms with Crippen molar-refractivity contribution in [1.29, 1.82) is 0 Å². The molecule has 1 heterocycles. The van der Waals surface area contributed by atoms with Gasteiger partial charge >= 0.3 is 5.97 Å². The minimum absolute atomic E-state index is 0.0466. The summed E-state index contributed by atoms with van der Waals surface area (Å²) in [6.45, 7) is 2.62. The van der Waals surface area contributed by atoms with Crippen LogP contribution in [0.4, 0.5) is 0 Å². The molecule has 0 spiro atoms. The van der Waals surface area contributed by atoms with Gasteiger partial charge in [0.25, 0.3) is 0 Å². The summed E-state index contributed by atoms with van der Waals surface area (Å²) in [6.07, 6.45) is 0.277. The van der Waals surface area contributed by atoms with E-state index in [1.807, 2.05) is 48.5 Å². The van der Waals surface area contributed by atoms with Crippen LogP contribution in [0.15, 0.2) is 48.5 Å². The highest BCUT2D eigenvalue weighted by Crippen LogP contribution is 2.32. The van der Waals surface area contributed by atoms with E-state index in [9.17, 15) is 9.59 Å². The number of rotatable bonds is 7. The van der Waals surface area contributed by atoms with Crippen molar-refractivity contribution in [3.63, 3.8) is 0 Å². The Morgan fingerprint density at radius 2 is 1.81 bits per heavy atom. The van der Waals surface area contributed by atoms with Crippen LogP contribution in [-0.2, 0) is 27.3 Å². The molecule has 1 unspecified atom stereocenters. The Bertz CT molecular complexity index is 805. The fourth-order valence-corrected chi connectivity index (χ4v) is 3.00. The number of benzene rings is 2. The number of amides is 1. The van der Waals surface area contributed by atoms with Crippen molar-refractivity contribution in [2.24, 2.45) is 5.92 Å². The van der Waals surface area contributed by atoms with Crippen LogP contribution in [-0.4, -0.2) is 37.2 Å². The summed E-state index contributed by atoms with van der Waals surface area (Å²) in [5.41, 5.74) is 1.85. The number of nitrogens with zero attached hydrogens (tertiary/aromatic N) is 1. The second-order valence-electron chi connectivity index (χ2n) is 6.55. The van der Waals surface area contributed by atoms with Gasteiger partial charge in [0, 0.05) is 13.1 Å². The lowest BCUT2D eigenvalue weighted by Gasteiger charge is -2.25. The zero-order valence-electron chi connectivity index (χ0n) is 15.5. The van der Waals surface area contributed by atoms with E-state index in [1.54, 1.807) is 11.8 Å². The van der Waals surface area contributed by atoms with Crippen LogP contribution in [0.5, 0.6) is 11.5 Å². The quantitative estimate of drug-likeness (QED) is 0.702. The van der Waals surface area contributed by atoms with Crippen molar-refractivity contribution >= 4 is 11.9 Å². The minimum atomic E-state index is -0.413. The molecule has 0 bridgehead atoms. The van der Waals surface area contributed by atoms with E-state index >= 15 is 0 Å². The van der Waals surface area contributed by atoms with Gasteiger partial charge in [-0.25, -0.2) is 0 Å². The number of carbonyl (C=O) groups excluding carboxylic acids is 2. The van der Waals surface area contributed by atoms with Gasteiger partial charge in [-0.05, 0) is 23.3 Å². The molecular weight excluding hydrogens is 346 g/mol. The Morgan fingerprint density at radius 3 is 2.56 bits per heavy atom. The summed E-state index contributed by atoms with van der Waals surface area (Å²) in [5.74, 6) is 0.573. The molecule has 1 aliphatic heterocycles. The first-order chi connectivity index (χ1) is 13.1. The van der Waals surface area contributed by atoms with E-state index < -0.39 is 5.92 Å². The first-order valence-electron chi connectivity index (χ1n) is 8.85. The maximum Gasteiger partial charge on any atom is 0.310 e. The van der Waals surface area contributed by atoms with Gasteiger partial charge in [0.15, 0.2) is 11.5 Å². The molecule has 0 saturated carbocycles. The van der Waals surface area contributed by atoms with Crippen LogP contribution < -0.4 is 9.47 Å². The lowest BCUT2D eigenvalue weighted by Crippen LogP contribution is -2.37. The highest BCUT2D eigenvalue weighted by Gasteiger charge is 2.23. The Morgan fingerprint density at radius 1 is 1.07 bits per heavy atom. The molecule has 1 aliphatic rings. The number of methoxy groups -OCH3 is 1. The van der Waals surface area contributed by atoms with Crippen LogP contribution in [0, 0.1) is 5.92 Å². The van der Waals surface area contributed by atoms with Crippen molar-refractivity contribution in [3.05, 3.63) is 59.7 Å². The Kier molecular flexibility index (Phi) is 5.96. The summed E-state index contributed by atoms with van der Waals surface area (Å²) in [6, 6.07) is 15.2. The number of fused-ring (bicyclic) bond motifs is 1. The van der Waals surface area contributed by atoms with E-state index in [1.165, 1.54) is 7.11 Å². The predicted molar refractivity (Wildman–Crippen MR) is 99.3 cm³/mol. The summed E-state index contributed by atoms with van der Waals surface area (Å²) >= 11 is 0. The topological polar surface area (TPSA) is 65.1 Å². The van der Waals surface area contributed by atoms with Gasteiger partial charge in [-0.1, -0.05) is 43.3 Å². The maximum absolute atomic E-state index is 12.9. The predicted octanol–water partition coefficient (Wildman–Crippen LogP) is 2.80. The Labute approximate surface area is 158 Å². The standard InChI is InChI=1S/C21H23NO5/c1-15(21(24)25-2)12-22(20(23)11-16-6-4-3-5-7-16)13-17-8-9-18-19(10-17)27-14-26-18/h3-10,15H,11-14H2,1-2H3. The van der Waals surface area contributed by atoms with E-state index in [0.717, 1.165) is 11.1 Å². The SMILES string of the molecule is COC(=O)C(C)CN(Cc1ccc2c(c1)OCO2)C(=O)Cc1ccccc1. The van der Waals surface area contributed by atoms with Crippen molar-refractivity contribution in [2.45, 2.75) is 19.9 Å². The molecule has 2 aromatic carbocycles. The third-order valence-corrected chi connectivity index (χ3v) is 4.46. The molecule has 0 saturated heterocycles. The van der Waals surface area contributed by atoms with Crippen LogP contribution >= 0.6 is 0 Å². The highest BCUT2D eigenvalue weighted by atomic mass is 16.7. The minimum Gasteiger partial charge on any atom is -0.469 e. The molecule has 142 valence electrons. The van der Waals surface area contributed by atoms with E-state index in [0.29, 0.717) is 18.0 Å². The number of esters is 1. The average molecular weight is 369 g/mol. The molecule has 6 nitrogen and oxygen atoms in total. The third kappa shape index (κ3) is 4.78. The Hall–Kier alpha value is -3.02. The normalized spacial score (nSPS) is 13.1. The molecule has 0 aliphatic carbocycles. The Balaban J connectivity index is 1.76. The number of ether oxygens (including phenoxy) is 3. The van der Waals surface area contributed by atoms with Gasteiger partial charge in [-0.15, -0.1) is 0 Å². The van der Waals surface area contributed by atoms with Gasteiger partial charge in [0.2, 0.25) is 12.7 Å². The molecule has 3 rings (SSSR count). The molecule has 1 atom stereocenters. The molecule has 1 amide bonds. The van der Waals surface area contributed by atoms with Crippen LogP contribution in [0.2, 0.25) is 0 Å². The third-order valence-electron chi connectivity index (χ3n) is 4.46. The van der Waals surface area contributed by atoms with Gasteiger partial charge in [0.05, 0.1) is 19.4 Å². The molecule has 0 fully saturated rings. The summed E-state index contributed by atoms with van der Waals surface area (Å²) < 4.78 is 15.6. The van der Waals surface area contributed by atoms with Gasteiger partial charge in [-0.2, -0.15) is 0 Å². The fraction of sp³-hybridized carbons (Fsp3) is 0.333. The monoisotopic (exact) mass is 369 g/mol. The van der Waals surface area contributed by atoms with Gasteiger partial charge in [0.1, 0.15) is 0 Å². The van der Waals surface area contributed by atoms with Gasteiger partial charge < -0.3 is 19.1 Å². The zero-order valence-corrected chi connectivity index (χ0v) is 15.5. The van der Waals surface area contributed by atoms with E-state index in [4.69, 9.17) is 14.2 Å². The van der Waals surface area contributed by atoms with Crippen LogP contribution in [0.3, 0.4) is 0 Å². The molecule has 6 heteroatoms. The molecule has 0 N–H and O–H groups in total. The number of hydrogen-bond acceptors (Lipinski definition) is 5. The van der Waals surface area contributed by atoms with Crippen LogP contribution in [0.1, 0.15) is 18.1 Å². The van der Waals surface area contributed by atoms with Gasteiger partial charge in [-0.3, -0.25) is 9.59 Å².